The third-order valence-electron chi connectivity index (χ3n) is 6.33. The molecule has 0 aliphatic carbocycles. The number of aryl methyl sites for hydroxylation is 1. The van der Waals surface area contributed by atoms with E-state index in [0.29, 0.717) is 12.0 Å². The molecule has 4 rings (SSSR count). The predicted octanol–water partition coefficient (Wildman–Crippen LogP) is 5.53. The Labute approximate surface area is 198 Å². The van der Waals surface area contributed by atoms with Gasteiger partial charge in [0.2, 0.25) is 5.91 Å². The van der Waals surface area contributed by atoms with E-state index in [0.717, 1.165) is 21.6 Å². The number of carbonyl (C=O) groups excluding carboxylic acids is 1. The minimum absolute atomic E-state index is 0.0721. The molecule has 2 atom stereocenters. The van der Waals surface area contributed by atoms with Crippen LogP contribution in [0.2, 0.25) is 0 Å². The summed E-state index contributed by atoms with van der Waals surface area (Å²) in [5.41, 5.74) is 4.18. The molecule has 0 radical (unpaired) electrons. The molecule has 1 saturated heterocycles. The summed E-state index contributed by atoms with van der Waals surface area (Å²) in [7, 11) is 1.64. The molecule has 1 amide bonds. The smallest absolute Gasteiger partial charge is 0.235 e. The van der Waals surface area contributed by atoms with Crippen molar-refractivity contribution < 1.29 is 4.79 Å². The lowest BCUT2D eigenvalue weighted by Crippen LogP contribution is -2.63. The van der Waals surface area contributed by atoms with Crippen molar-refractivity contribution in [3.05, 3.63) is 87.6 Å². The third kappa shape index (κ3) is 4.33. The molecule has 1 fully saturated rings. The molecule has 0 spiro atoms. The lowest BCUT2D eigenvalue weighted by Gasteiger charge is -2.44. The number of allylic oxidation sites excluding steroid dienone is 1. The summed E-state index contributed by atoms with van der Waals surface area (Å²) in [6, 6.07) is 19.9. The molecule has 2 heterocycles. The van der Waals surface area contributed by atoms with Gasteiger partial charge in [0.25, 0.3) is 0 Å². The fourth-order valence-electron chi connectivity index (χ4n) is 4.21. The highest BCUT2D eigenvalue weighted by molar-refractivity contribution is 7.10. The van der Waals surface area contributed by atoms with Gasteiger partial charge in [0.05, 0.1) is 23.1 Å². The minimum atomic E-state index is -0.716. The maximum absolute atomic E-state index is 13.3. The fourth-order valence-corrected chi connectivity index (χ4v) is 5.30. The second-order valence-electron chi connectivity index (χ2n) is 8.51. The maximum atomic E-state index is 13.3. The van der Waals surface area contributed by atoms with Crippen LogP contribution in [0, 0.1) is 29.6 Å². The summed E-state index contributed by atoms with van der Waals surface area (Å²) >= 11 is 1.57. The van der Waals surface area contributed by atoms with E-state index in [9.17, 15) is 10.1 Å². The summed E-state index contributed by atoms with van der Waals surface area (Å²) in [4.78, 5) is 15.6. The van der Waals surface area contributed by atoms with Gasteiger partial charge in [-0.15, -0.1) is 11.3 Å². The van der Waals surface area contributed by atoms with Gasteiger partial charge in [0.1, 0.15) is 0 Å². The number of carbonyl (C=O) groups is 1. The van der Waals surface area contributed by atoms with Gasteiger partial charge < -0.3 is 5.32 Å². The Bertz CT molecular complexity index is 1290. The van der Waals surface area contributed by atoms with E-state index in [1.165, 1.54) is 10.5 Å². The predicted molar refractivity (Wildman–Crippen MR) is 134 cm³/mol. The van der Waals surface area contributed by atoms with E-state index in [1.54, 1.807) is 24.5 Å². The van der Waals surface area contributed by atoms with Crippen molar-refractivity contribution >= 4 is 29.3 Å². The number of amides is 1. The number of nitrogens with zero attached hydrogens (tertiary/aromatic N) is 2. The van der Waals surface area contributed by atoms with E-state index in [-0.39, 0.29) is 17.8 Å². The first-order chi connectivity index (χ1) is 15.8. The van der Waals surface area contributed by atoms with Crippen LogP contribution in [0.15, 0.2) is 66.1 Å². The van der Waals surface area contributed by atoms with E-state index < -0.39 is 5.54 Å². The summed E-state index contributed by atoms with van der Waals surface area (Å²) in [6.45, 7) is 4.07. The number of guanidine groups is 1. The fraction of sp³-hybridized carbons (Fsp3) is 0.222. The van der Waals surface area contributed by atoms with Gasteiger partial charge >= 0.3 is 0 Å². The van der Waals surface area contributed by atoms with Crippen molar-refractivity contribution in [1.29, 1.82) is 10.7 Å². The molecule has 5 nitrogen and oxygen atoms in total. The average molecular weight is 455 g/mol. The molecule has 2 N–H and O–H groups in total. The van der Waals surface area contributed by atoms with Crippen molar-refractivity contribution in [2.45, 2.75) is 25.8 Å². The van der Waals surface area contributed by atoms with Crippen LogP contribution in [-0.2, 0) is 10.3 Å². The molecule has 166 valence electrons. The first-order valence-electron chi connectivity index (χ1n) is 10.8. The average Bonchev–Trinajstić information content (AvgIpc) is 3.32. The molecule has 2 unspecified atom stereocenters. The maximum Gasteiger partial charge on any atom is 0.235 e. The highest BCUT2D eigenvalue weighted by Crippen LogP contribution is 2.41. The van der Waals surface area contributed by atoms with Crippen LogP contribution >= 0.6 is 11.3 Å². The number of benzene rings is 2. The molecular formula is C27H26N4OS. The number of hydrogen-bond donors (Lipinski definition) is 2. The zero-order valence-electron chi connectivity index (χ0n) is 18.9. The van der Waals surface area contributed by atoms with Crippen LogP contribution in [0.25, 0.3) is 17.2 Å². The van der Waals surface area contributed by atoms with Crippen molar-refractivity contribution in [1.82, 2.24) is 10.2 Å². The number of hydrogen-bond acceptors (Lipinski definition) is 4. The summed E-state index contributed by atoms with van der Waals surface area (Å²) in [6.07, 6.45) is 4.67. The van der Waals surface area contributed by atoms with E-state index in [1.807, 2.05) is 42.6 Å². The molecule has 0 bridgehead atoms. The molecule has 6 heteroatoms. The molecular weight excluding hydrogens is 428 g/mol. The Hall–Kier alpha value is -3.69. The number of rotatable bonds is 5. The van der Waals surface area contributed by atoms with Crippen LogP contribution in [-0.4, -0.2) is 23.8 Å². The molecule has 0 saturated carbocycles. The number of thiophene rings is 1. The normalized spacial score (nSPS) is 20.7. The highest BCUT2D eigenvalue weighted by atomic mass is 32.1. The zero-order chi connectivity index (χ0) is 23.6. The summed E-state index contributed by atoms with van der Waals surface area (Å²) < 4.78 is 0. The van der Waals surface area contributed by atoms with Crippen molar-refractivity contribution in [3.63, 3.8) is 0 Å². The molecule has 1 aliphatic rings. The van der Waals surface area contributed by atoms with Gasteiger partial charge in [0.15, 0.2) is 5.96 Å². The first kappa shape index (κ1) is 22.5. The lowest BCUT2D eigenvalue weighted by molar-refractivity contribution is -0.135. The zero-order valence-corrected chi connectivity index (χ0v) is 19.7. The second kappa shape index (κ2) is 9.05. The second-order valence-corrected chi connectivity index (χ2v) is 9.42. The summed E-state index contributed by atoms with van der Waals surface area (Å²) in [5.74, 6) is -0.339. The first-order valence-corrected chi connectivity index (χ1v) is 11.7. The standard InChI is InChI=1S/C27H26N4OS/c1-18-8-4-5-10-20(18)11-7-13-23-25(32)31(3)26(29)30-27(23,2)24-15-22(17-33-24)21-12-6-9-19(14-21)16-28/h4-12,14-15,17,23H,13H2,1-3H3,(H2,29,30)/b11-7+. The van der Waals surface area contributed by atoms with Gasteiger partial charge in [0, 0.05) is 11.9 Å². The Morgan fingerprint density at radius 2 is 2.00 bits per heavy atom. The van der Waals surface area contributed by atoms with Crippen molar-refractivity contribution in [3.8, 4) is 17.2 Å². The van der Waals surface area contributed by atoms with Gasteiger partial charge in [-0.2, -0.15) is 5.26 Å². The molecule has 2 aromatic carbocycles. The highest BCUT2D eigenvalue weighted by Gasteiger charge is 2.47. The van der Waals surface area contributed by atoms with Crippen LogP contribution in [0.4, 0.5) is 0 Å². The Kier molecular flexibility index (Phi) is 6.17. The van der Waals surface area contributed by atoms with Crippen LogP contribution in [0.3, 0.4) is 0 Å². The quantitative estimate of drug-likeness (QED) is 0.532. The molecule has 33 heavy (non-hydrogen) atoms. The van der Waals surface area contributed by atoms with Gasteiger partial charge in [-0.25, -0.2) is 0 Å². The molecule has 1 aliphatic heterocycles. The van der Waals surface area contributed by atoms with Crippen molar-refractivity contribution in [2.75, 3.05) is 7.05 Å². The Balaban J connectivity index is 1.67. The van der Waals surface area contributed by atoms with Crippen LogP contribution in [0.5, 0.6) is 0 Å². The van der Waals surface area contributed by atoms with Gasteiger partial charge in [-0.1, -0.05) is 48.6 Å². The van der Waals surface area contributed by atoms with Gasteiger partial charge in [-0.3, -0.25) is 15.1 Å². The van der Waals surface area contributed by atoms with Gasteiger partial charge in [-0.05, 0) is 66.1 Å². The monoisotopic (exact) mass is 454 g/mol. The number of nitrogens with one attached hydrogen (secondary N) is 2. The topological polar surface area (TPSA) is 80.0 Å². The number of nitriles is 1. The van der Waals surface area contributed by atoms with E-state index in [4.69, 9.17) is 5.41 Å². The molecule has 1 aromatic heterocycles. The lowest BCUT2D eigenvalue weighted by atomic mass is 9.79. The molecule has 3 aromatic rings. The van der Waals surface area contributed by atoms with E-state index >= 15 is 0 Å². The third-order valence-corrected chi connectivity index (χ3v) is 7.50. The largest absolute Gasteiger partial charge is 0.345 e. The summed E-state index contributed by atoms with van der Waals surface area (Å²) in [5, 5.41) is 22.9. The van der Waals surface area contributed by atoms with Crippen LogP contribution in [0.1, 0.15) is 34.9 Å². The minimum Gasteiger partial charge on any atom is -0.345 e. The van der Waals surface area contributed by atoms with E-state index in [2.05, 4.69) is 48.7 Å². The Morgan fingerprint density at radius 1 is 1.21 bits per heavy atom. The SMILES string of the molecule is Cc1ccccc1/C=C/CC1C(=O)N(C)C(=N)NC1(C)c1cc(-c2cccc(C#N)c2)cs1. The van der Waals surface area contributed by atoms with Crippen LogP contribution < -0.4 is 5.32 Å². The Morgan fingerprint density at radius 3 is 2.76 bits per heavy atom. The van der Waals surface area contributed by atoms with Crippen molar-refractivity contribution in [2.24, 2.45) is 5.92 Å².